The highest BCUT2D eigenvalue weighted by Crippen LogP contribution is 2.33. The molecule has 24 heavy (non-hydrogen) atoms. The quantitative estimate of drug-likeness (QED) is 0.784. The van der Waals surface area contributed by atoms with Crippen molar-refractivity contribution >= 4 is 46.7 Å². The molecule has 0 radical (unpaired) electrons. The smallest absolute Gasteiger partial charge is 0.258 e. The van der Waals surface area contributed by atoms with Gasteiger partial charge in [-0.25, -0.2) is 0 Å². The fourth-order valence-corrected chi connectivity index (χ4v) is 2.86. The van der Waals surface area contributed by atoms with Gasteiger partial charge in [0.15, 0.2) is 6.61 Å². The molecule has 1 aliphatic rings. The predicted octanol–water partition coefficient (Wildman–Crippen LogP) is 2.39. The van der Waals surface area contributed by atoms with E-state index in [4.69, 9.17) is 39.5 Å². The number of carboxylic acid groups (broad SMARTS) is 1. The lowest BCUT2D eigenvalue weighted by molar-refractivity contribution is -0.311. The molecule has 0 bridgehead atoms. The standard InChI is InChI=1S/C16H14Cl3NO4/c1-16(5-3-2-4-9(16)15(22)23)20-14(21)8-24-13-7-11(18)10(17)6-12(13)19/h2-7,9H,8H2,1H3,(H,20,21)(H,22,23)/p-1. The fraction of sp³-hybridized carbons (Fsp3) is 0.250. The van der Waals surface area contributed by atoms with Crippen LogP contribution in [0.25, 0.3) is 0 Å². The van der Waals surface area contributed by atoms with Crippen molar-refractivity contribution in [1.29, 1.82) is 0 Å². The van der Waals surface area contributed by atoms with Crippen molar-refractivity contribution in [3.63, 3.8) is 0 Å². The van der Waals surface area contributed by atoms with Gasteiger partial charge in [0, 0.05) is 12.0 Å². The number of amides is 1. The van der Waals surface area contributed by atoms with Crippen molar-refractivity contribution in [2.24, 2.45) is 5.92 Å². The minimum absolute atomic E-state index is 0.196. The molecule has 0 heterocycles. The number of aliphatic carboxylic acids is 1. The molecular formula is C16H13Cl3NO4-. The summed E-state index contributed by atoms with van der Waals surface area (Å²) in [7, 11) is 0. The van der Waals surface area contributed by atoms with Gasteiger partial charge in [-0.05, 0) is 13.0 Å². The number of carbonyl (C=O) groups excluding carboxylic acids is 2. The number of halogens is 3. The molecule has 1 N–H and O–H groups in total. The number of carboxylic acids is 1. The Balaban J connectivity index is 2.03. The van der Waals surface area contributed by atoms with Gasteiger partial charge in [-0.3, -0.25) is 4.79 Å². The lowest BCUT2D eigenvalue weighted by Gasteiger charge is -2.36. The number of benzene rings is 1. The van der Waals surface area contributed by atoms with Crippen LogP contribution in [0.15, 0.2) is 36.4 Å². The van der Waals surface area contributed by atoms with E-state index in [1.54, 1.807) is 25.2 Å². The largest absolute Gasteiger partial charge is 0.549 e. The maximum Gasteiger partial charge on any atom is 0.258 e. The number of hydrogen-bond acceptors (Lipinski definition) is 4. The van der Waals surface area contributed by atoms with Crippen LogP contribution in [0.3, 0.4) is 0 Å². The van der Waals surface area contributed by atoms with E-state index in [2.05, 4.69) is 5.32 Å². The Labute approximate surface area is 153 Å². The number of rotatable bonds is 5. The molecule has 2 atom stereocenters. The van der Waals surface area contributed by atoms with Gasteiger partial charge in [0.05, 0.1) is 26.6 Å². The zero-order valence-electron chi connectivity index (χ0n) is 12.5. The molecule has 0 saturated carbocycles. The molecule has 1 aromatic carbocycles. The van der Waals surface area contributed by atoms with Crippen LogP contribution in [0.4, 0.5) is 0 Å². The Hall–Kier alpha value is -1.69. The van der Waals surface area contributed by atoms with Gasteiger partial charge >= 0.3 is 0 Å². The third-order valence-corrected chi connectivity index (χ3v) is 4.52. The first kappa shape index (κ1) is 18.6. The maximum absolute atomic E-state index is 12.1. The second-order valence-corrected chi connectivity index (χ2v) is 6.58. The van der Waals surface area contributed by atoms with E-state index in [9.17, 15) is 14.7 Å². The number of hydrogen-bond donors (Lipinski definition) is 1. The van der Waals surface area contributed by atoms with Crippen LogP contribution in [0, 0.1) is 5.92 Å². The lowest BCUT2D eigenvalue weighted by Crippen LogP contribution is -2.56. The molecule has 2 unspecified atom stereocenters. The Morgan fingerprint density at radius 3 is 2.54 bits per heavy atom. The van der Waals surface area contributed by atoms with Gasteiger partial charge in [0.2, 0.25) is 0 Å². The Bertz CT molecular complexity index is 732. The summed E-state index contributed by atoms with van der Waals surface area (Å²) < 4.78 is 5.32. The zero-order chi connectivity index (χ0) is 17.9. The number of carbonyl (C=O) groups is 2. The highest BCUT2D eigenvalue weighted by atomic mass is 35.5. The average molecular weight is 390 g/mol. The van der Waals surface area contributed by atoms with E-state index in [1.165, 1.54) is 18.2 Å². The third-order valence-electron chi connectivity index (χ3n) is 3.50. The van der Waals surface area contributed by atoms with Gasteiger partial charge < -0.3 is 20.0 Å². The van der Waals surface area contributed by atoms with Crippen LogP contribution in [0.2, 0.25) is 15.1 Å². The van der Waals surface area contributed by atoms with Gasteiger partial charge in [0.1, 0.15) is 5.75 Å². The molecule has 8 heteroatoms. The van der Waals surface area contributed by atoms with Crippen molar-refractivity contribution in [2.45, 2.75) is 12.5 Å². The third kappa shape index (κ3) is 4.23. The SMILES string of the molecule is CC1(NC(=O)COc2cc(Cl)c(Cl)cc2Cl)C=CC=CC1C(=O)[O-]. The molecule has 5 nitrogen and oxygen atoms in total. The summed E-state index contributed by atoms with van der Waals surface area (Å²) in [6.07, 6.45) is 6.26. The summed E-state index contributed by atoms with van der Waals surface area (Å²) in [5, 5.41) is 14.5. The van der Waals surface area contributed by atoms with Crippen molar-refractivity contribution in [1.82, 2.24) is 5.32 Å². The highest BCUT2D eigenvalue weighted by Gasteiger charge is 2.34. The average Bonchev–Trinajstić information content (AvgIpc) is 2.49. The number of allylic oxidation sites excluding steroid dienone is 2. The summed E-state index contributed by atoms with van der Waals surface area (Å²) in [6, 6.07) is 2.80. The molecule has 1 aliphatic carbocycles. The van der Waals surface area contributed by atoms with E-state index in [-0.39, 0.29) is 27.4 Å². The van der Waals surface area contributed by atoms with Gasteiger partial charge in [-0.15, -0.1) is 0 Å². The second-order valence-electron chi connectivity index (χ2n) is 5.36. The van der Waals surface area contributed by atoms with Crippen molar-refractivity contribution in [3.8, 4) is 5.75 Å². The summed E-state index contributed by atoms with van der Waals surface area (Å²) in [5.41, 5.74) is -1.12. The molecule has 0 spiro atoms. The molecule has 0 aromatic heterocycles. The molecule has 0 aliphatic heterocycles. The van der Waals surface area contributed by atoms with Crippen LogP contribution >= 0.6 is 34.8 Å². The first-order chi connectivity index (χ1) is 11.2. The Kier molecular flexibility index (Phi) is 5.80. The molecule has 128 valence electrons. The van der Waals surface area contributed by atoms with Crippen LogP contribution in [0.5, 0.6) is 5.75 Å². The summed E-state index contributed by atoms with van der Waals surface area (Å²) in [5.74, 6) is -2.60. The number of nitrogens with one attached hydrogen (secondary N) is 1. The minimum atomic E-state index is -1.29. The van der Waals surface area contributed by atoms with Crippen molar-refractivity contribution < 1.29 is 19.4 Å². The van der Waals surface area contributed by atoms with Crippen LogP contribution in [0.1, 0.15) is 6.92 Å². The molecule has 2 rings (SSSR count). The van der Waals surface area contributed by atoms with E-state index in [1.807, 2.05) is 0 Å². The normalized spacial score (nSPS) is 22.2. The maximum atomic E-state index is 12.1. The number of ether oxygens (including phenoxy) is 1. The zero-order valence-corrected chi connectivity index (χ0v) is 14.8. The summed E-state index contributed by atoms with van der Waals surface area (Å²) in [4.78, 5) is 23.3. The molecular weight excluding hydrogens is 377 g/mol. The minimum Gasteiger partial charge on any atom is -0.549 e. The monoisotopic (exact) mass is 388 g/mol. The Morgan fingerprint density at radius 1 is 1.21 bits per heavy atom. The lowest BCUT2D eigenvalue weighted by atomic mass is 9.82. The Morgan fingerprint density at radius 2 is 1.88 bits per heavy atom. The van der Waals surface area contributed by atoms with Crippen LogP contribution in [-0.4, -0.2) is 24.0 Å². The van der Waals surface area contributed by atoms with Crippen LogP contribution < -0.4 is 15.2 Å². The van der Waals surface area contributed by atoms with Gasteiger partial charge in [0.25, 0.3) is 5.91 Å². The highest BCUT2D eigenvalue weighted by molar-refractivity contribution is 6.43. The summed E-state index contributed by atoms with van der Waals surface area (Å²) in [6.45, 7) is 1.21. The van der Waals surface area contributed by atoms with E-state index in [0.29, 0.717) is 0 Å². The first-order valence-electron chi connectivity index (χ1n) is 6.88. The van der Waals surface area contributed by atoms with Gasteiger partial charge in [-0.1, -0.05) is 59.1 Å². The van der Waals surface area contributed by atoms with Gasteiger partial charge in [-0.2, -0.15) is 0 Å². The van der Waals surface area contributed by atoms with E-state index >= 15 is 0 Å². The fourth-order valence-electron chi connectivity index (χ4n) is 2.27. The molecule has 0 saturated heterocycles. The van der Waals surface area contributed by atoms with E-state index < -0.39 is 23.3 Å². The van der Waals surface area contributed by atoms with E-state index in [0.717, 1.165) is 0 Å². The first-order valence-corrected chi connectivity index (χ1v) is 8.01. The molecule has 1 amide bonds. The van der Waals surface area contributed by atoms with Crippen molar-refractivity contribution in [2.75, 3.05) is 6.61 Å². The predicted molar refractivity (Wildman–Crippen MR) is 90.3 cm³/mol. The van der Waals surface area contributed by atoms with Crippen LogP contribution in [-0.2, 0) is 9.59 Å². The topological polar surface area (TPSA) is 78.5 Å². The van der Waals surface area contributed by atoms with Crippen molar-refractivity contribution in [3.05, 3.63) is 51.5 Å². The second kappa shape index (κ2) is 7.47. The summed E-state index contributed by atoms with van der Waals surface area (Å²) >= 11 is 17.7. The molecule has 1 aromatic rings. The molecule has 0 fully saturated rings.